The number of ether oxygens (including phenoxy) is 1. The molecule has 1 aliphatic heterocycles. The van der Waals surface area contributed by atoms with E-state index in [-0.39, 0.29) is 29.4 Å². The summed E-state index contributed by atoms with van der Waals surface area (Å²) in [6.07, 6.45) is 2.09. The van der Waals surface area contributed by atoms with E-state index in [1.807, 2.05) is 12.1 Å². The lowest BCUT2D eigenvalue weighted by molar-refractivity contribution is -0.116. The normalized spacial score (nSPS) is 18.6. The Balaban J connectivity index is 1.55. The van der Waals surface area contributed by atoms with Gasteiger partial charge in [0.05, 0.1) is 17.6 Å². The van der Waals surface area contributed by atoms with Crippen LogP contribution in [0.2, 0.25) is 5.02 Å². The van der Waals surface area contributed by atoms with Crippen molar-refractivity contribution in [1.82, 2.24) is 5.32 Å². The Morgan fingerprint density at radius 3 is 2.58 bits per heavy atom. The SMILES string of the molecule is [CH2][C@H]1CO[C@H](CCc2c(F)cccc2NC(=O)C[C@@H](c2ccc(Cl)cc2)c2cccc(S(C)(=O)=O)c2)CN1. The number of morpholine rings is 1. The third kappa shape index (κ3) is 7.41. The molecule has 0 saturated carbocycles. The monoisotopic (exact) mass is 557 g/mol. The maximum absolute atomic E-state index is 14.8. The number of amides is 1. The molecule has 1 fully saturated rings. The first kappa shape index (κ1) is 28.2. The van der Waals surface area contributed by atoms with Gasteiger partial charge in [0.15, 0.2) is 9.84 Å². The molecule has 38 heavy (non-hydrogen) atoms. The molecule has 0 aromatic heterocycles. The van der Waals surface area contributed by atoms with E-state index in [4.69, 9.17) is 16.3 Å². The first-order valence-electron chi connectivity index (χ1n) is 12.4. The quantitative estimate of drug-likeness (QED) is 0.379. The molecule has 4 rings (SSSR count). The molecule has 3 aromatic rings. The maximum Gasteiger partial charge on any atom is 0.225 e. The Bertz CT molecular complexity index is 1370. The van der Waals surface area contributed by atoms with Gasteiger partial charge in [0, 0.05) is 47.5 Å². The Labute approximate surface area is 228 Å². The number of nitrogens with one attached hydrogen (secondary N) is 2. The van der Waals surface area contributed by atoms with Crippen molar-refractivity contribution in [1.29, 1.82) is 0 Å². The number of carbonyl (C=O) groups excluding carboxylic acids is 1. The Morgan fingerprint density at radius 1 is 1.16 bits per heavy atom. The molecule has 1 radical (unpaired) electrons. The molecule has 6 nitrogen and oxygen atoms in total. The van der Waals surface area contributed by atoms with Gasteiger partial charge < -0.3 is 15.4 Å². The summed E-state index contributed by atoms with van der Waals surface area (Å²) in [6, 6.07) is 18.3. The molecule has 1 amide bonds. The molecule has 0 bridgehead atoms. The van der Waals surface area contributed by atoms with Crippen molar-refractivity contribution in [2.24, 2.45) is 0 Å². The van der Waals surface area contributed by atoms with Crippen LogP contribution < -0.4 is 10.6 Å². The molecule has 201 valence electrons. The van der Waals surface area contributed by atoms with Gasteiger partial charge in [0.25, 0.3) is 0 Å². The highest BCUT2D eigenvalue weighted by atomic mass is 35.5. The van der Waals surface area contributed by atoms with Crippen molar-refractivity contribution in [3.8, 4) is 0 Å². The highest BCUT2D eigenvalue weighted by Crippen LogP contribution is 2.31. The summed E-state index contributed by atoms with van der Waals surface area (Å²) in [6.45, 7) is 5.06. The molecular weight excluding hydrogens is 527 g/mol. The van der Waals surface area contributed by atoms with Gasteiger partial charge >= 0.3 is 0 Å². The van der Waals surface area contributed by atoms with Gasteiger partial charge in [-0.25, -0.2) is 12.8 Å². The highest BCUT2D eigenvalue weighted by molar-refractivity contribution is 7.90. The van der Waals surface area contributed by atoms with E-state index in [1.54, 1.807) is 42.5 Å². The fourth-order valence-electron chi connectivity index (χ4n) is 4.56. The minimum absolute atomic E-state index is 0.0192. The average Bonchev–Trinajstić information content (AvgIpc) is 2.88. The molecule has 3 aromatic carbocycles. The molecular formula is C29H31ClFN2O4S. The van der Waals surface area contributed by atoms with E-state index >= 15 is 0 Å². The van der Waals surface area contributed by atoms with Crippen molar-refractivity contribution in [3.05, 3.63) is 101 Å². The number of hydrogen-bond acceptors (Lipinski definition) is 5. The minimum atomic E-state index is -3.44. The van der Waals surface area contributed by atoms with Gasteiger partial charge in [-0.05, 0) is 67.3 Å². The summed E-state index contributed by atoms with van der Waals surface area (Å²) in [5.41, 5.74) is 2.31. The van der Waals surface area contributed by atoms with E-state index in [0.717, 1.165) is 11.8 Å². The zero-order valence-electron chi connectivity index (χ0n) is 21.1. The Hall–Kier alpha value is -2.78. The summed E-state index contributed by atoms with van der Waals surface area (Å²) in [4.78, 5) is 13.5. The first-order valence-corrected chi connectivity index (χ1v) is 14.7. The van der Waals surface area contributed by atoms with Crippen LogP contribution in [0.25, 0.3) is 0 Å². The minimum Gasteiger partial charge on any atom is -0.375 e. The van der Waals surface area contributed by atoms with E-state index in [1.165, 1.54) is 12.1 Å². The van der Waals surface area contributed by atoms with Crippen LogP contribution in [0.4, 0.5) is 10.1 Å². The average molecular weight is 558 g/mol. The molecule has 2 N–H and O–H groups in total. The van der Waals surface area contributed by atoms with E-state index in [2.05, 4.69) is 17.6 Å². The molecule has 1 heterocycles. The Morgan fingerprint density at radius 2 is 1.89 bits per heavy atom. The third-order valence-electron chi connectivity index (χ3n) is 6.63. The van der Waals surface area contributed by atoms with Crippen molar-refractivity contribution in [2.45, 2.75) is 42.2 Å². The number of carbonyl (C=O) groups is 1. The van der Waals surface area contributed by atoms with Crippen LogP contribution >= 0.6 is 11.6 Å². The van der Waals surface area contributed by atoms with Gasteiger partial charge in [-0.15, -0.1) is 0 Å². The van der Waals surface area contributed by atoms with Crippen molar-refractivity contribution in [2.75, 3.05) is 24.7 Å². The molecule has 1 aliphatic rings. The van der Waals surface area contributed by atoms with Gasteiger partial charge in [-0.3, -0.25) is 4.79 Å². The number of benzene rings is 3. The molecule has 0 aliphatic carbocycles. The van der Waals surface area contributed by atoms with Crippen molar-refractivity contribution >= 4 is 33.0 Å². The third-order valence-corrected chi connectivity index (χ3v) is 7.99. The fraction of sp³-hybridized carbons (Fsp3) is 0.310. The standard InChI is InChI=1S/C29H31ClFN2O4S/c1-19-18-37-23(17-32-19)13-14-25-27(31)7-4-8-28(25)33-29(34)16-26(20-9-11-22(30)12-10-20)21-5-3-6-24(15-21)38(2,35)36/h3-12,15,19,23,26,32H,1,13-14,16-18H2,2H3,(H,33,34)/t19-,23+,26-/m0/s1. The smallest absolute Gasteiger partial charge is 0.225 e. The number of hydrogen-bond donors (Lipinski definition) is 2. The van der Waals surface area contributed by atoms with Crippen LogP contribution in [0, 0.1) is 12.7 Å². The summed E-state index contributed by atoms with van der Waals surface area (Å²) in [7, 11) is -3.44. The number of sulfone groups is 1. The second kappa shape index (κ2) is 12.4. The van der Waals surface area contributed by atoms with E-state index < -0.39 is 21.6 Å². The largest absolute Gasteiger partial charge is 0.375 e. The summed E-state index contributed by atoms with van der Waals surface area (Å²) in [5, 5.41) is 6.69. The highest BCUT2D eigenvalue weighted by Gasteiger charge is 2.23. The van der Waals surface area contributed by atoms with Gasteiger partial charge in [0.1, 0.15) is 5.82 Å². The predicted molar refractivity (Wildman–Crippen MR) is 148 cm³/mol. The molecule has 0 unspecified atom stereocenters. The lowest BCUT2D eigenvalue weighted by Gasteiger charge is -2.28. The van der Waals surface area contributed by atoms with Crippen LogP contribution in [0.3, 0.4) is 0 Å². The lowest BCUT2D eigenvalue weighted by Crippen LogP contribution is -2.45. The Kier molecular flexibility index (Phi) is 9.20. The van der Waals surface area contributed by atoms with Crippen molar-refractivity contribution < 1.29 is 22.3 Å². The number of anilines is 1. The van der Waals surface area contributed by atoms with Gasteiger partial charge in [-0.2, -0.15) is 0 Å². The molecule has 0 spiro atoms. The fourth-order valence-corrected chi connectivity index (χ4v) is 5.36. The second-order valence-electron chi connectivity index (χ2n) is 9.57. The number of rotatable bonds is 9. The van der Waals surface area contributed by atoms with Crippen molar-refractivity contribution in [3.63, 3.8) is 0 Å². The zero-order valence-corrected chi connectivity index (χ0v) is 22.7. The number of halogens is 2. The summed E-state index contributed by atoms with van der Waals surface area (Å²) in [5.74, 6) is -1.16. The summed E-state index contributed by atoms with van der Waals surface area (Å²) < 4.78 is 44.9. The molecule has 1 saturated heterocycles. The zero-order chi connectivity index (χ0) is 27.3. The van der Waals surface area contributed by atoms with Gasteiger partial charge in [-0.1, -0.05) is 41.9 Å². The topological polar surface area (TPSA) is 84.5 Å². The van der Waals surface area contributed by atoms with E-state index in [9.17, 15) is 17.6 Å². The second-order valence-corrected chi connectivity index (χ2v) is 12.0. The summed E-state index contributed by atoms with van der Waals surface area (Å²) >= 11 is 6.08. The van der Waals surface area contributed by atoms with E-state index in [0.29, 0.717) is 47.8 Å². The van der Waals surface area contributed by atoms with Crippen LogP contribution in [-0.4, -0.2) is 45.9 Å². The molecule has 3 atom stereocenters. The first-order chi connectivity index (χ1) is 18.1. The van der Waals surface area contributed by atoms with Gasteiger partial charge in [0.2, 0.25) is 5.91 Å². The van der Waals surface area contributed by atoms with Crippen LogP contribution in [0.15, 0.2) is 71.6 Å². The lowest BCUT2D eigenvalue weighted by atomic mass is 9.88. The van der Waals surface area contributed by atoms with Crippen LogP contribution in [0.1, 0.15) is 35.4 Å². The predicted octanol–water partition coefficient (Wildman–Crippen LogP) is 5.17. The van der Waals surface area contributed by atoms with Crippen LogP contribution in [0.5, 0.6) is 0 Å². The molecule has 9 heteroatoms. The maximum atomic E-state index is 14.8. The van der Waals surface area contributed by atoms with Crippen LogP contribution in [-0.2, 0) is 25.8 Å².